The van der Waals surface area contributed by atoms with Crippen molar-refractivity contribution < 1.29 is 18.0 Å². The van der Waals surface area contributed by atoms with E-state index in [4.69, 9.17) is 4.42 Å². The fraction of sp³-hybridized carbons (Fsp3) is 0.278. The van der Waals surface area contributed by atoms with E-state index in [1.54, 1.807) is 30.9 Å². The van der Waals surface area contributed by atoms with Crippen LogP contribution in [0.5, 0.6) is 0 Å². The van der Waals surface area contributed by atoms with Crippen LogP contribution in [-0.4, -0.2) is 26.4 Å². The third-order valence-electron chi connectivity index (χ3n) is 4.07. The predicted octanol–water partition coefficient (Wildman–Crippen LogP) is 3.63. The van der Waals surface area contributed by atoms with Crippen LogP contribution in [-0.2, 0) is 11.8 Å². The Kier molecular flexibility index (Phi) is 5.59. The summed E-state index contributed by atoms with van der Waals surface area (Å²) >= 11 is 1.22. The Morgan fingerprint density at radius 2 is 2.11 bits per heavy atom. The summed E-state index contributed by atoms with van der Waals surface area (Å²) in [4.78, 5) is 12.2. The van der Waals surface area contributed by atoms with Crippen molar-refractivity contribution in [2.24, 2.45) is 7.05 Å². The van der Waals surface area contributed by atoms with Crippen LogP contribution in [0.1, 0.15) is 24.3 Å². The maximum atomic E-state index is 13.8. The standard InChI is InChI=1S/C18H18F2N4O2S/c1-10(13-5-4-12(19)8-15(13)20)21-16(25)9-27-18-23-22-17(24(18)3)14-6-7-26-11(14)2/h4-8,10H,9H2,1-3H3,(H,21,25)/t10-/m1/s1. The molecule has 0 saturated carbocycles. The van der Waals surface area contributed by atoms with E-state index in [0.29, 0.717) is 11.0 Å². The molecule has 2 aromatic heterocycles. The number of thioether (sulfide) groups is 1. The summed E-state index contributed by atoms with van der Waals surface area (Å²) < 4.78 is 33.9. The quantitative estimate of drug-likeness (QED) is 0.649. The maximum Gasteiger partial charge on any atom is 0.230 e. The minimum absolute atomic E-state index is 0.0868. The third kappa shape index (κ3) is 4.19. The van der Waals surface area contributed by atoms with Gasteiger partial charge in [-0.15, -0.1) is 10.2 Å². The van der Waals surface area contributed by atoms with E-state index in [-0.39, 0.29) is 17.2 Å². The molecule has 0 spiro atoms. The van der Waals surface area contributed by atoms with Crippen molar-refractivity contribution in [3.05, 3.63) is 53.5 Å². The first-order valence-corrected chi connectivity index (χ1v) is 9.16. The Balaban J connectivity index is 1.61. The number of rotatable bonds is 6. The first kappa shape index (κ1) is 19.1. The van der Waals surface area contributed by atoms with Crippen molar-refractivity contribution in [1.29, 1.82) is 0 Å². The molecule has 27 heavy (non-hydrogen) atoms. The van der Waals surface area contributed by atoms with Gasteiger partial charge < -0.3 is 14.3 Å². The summed E-state index contributed by atoms with van der Waals surface area (Å²) in [6, 6.07) is 4.51. The van der Waals surface area contributed by atoms with Crippen LogP contribution in [0, 0.1) is 18.6 Å². The average molecular weight is 392 g/mol. The second kappa shape index (κ2) is 7.91. The smallest absolute Gasteiger partial charge is 0.230 e. The van der Waals surface area contributed by atoms with Crippen LogP contribution < -0.4 is 5.32 Å². The lowest BCUT2D eigenvalue weighted by Crippen LogP contribution is -2.28. The van der Waals surface area contributed by atoms with Gasteiger partial charge in [-0.05, 0) is 26.0 Å². The molecule has 9 heteroatoms. The first-order valence-electron chi connectivity index (χ1n) is 8.17. The molecular weight excluding hydrogens is 374 g/mol. The van der Waals surface area contributed by atoms with Crippen LogP contribution >= 0.6 is 11.8 Å². The molecule has 1 atom stereocenters. The number of furan rings is 1. The summed E-state index contributed by atoms with van der Waals surface area (Å²) in [6.07, 6.45) is 1.58. The molecule has 6 nitrogen and oxygen atoms in total. The monoisotopic (exact) mass is 392 g/mol. The van der Waals surface area contributed by atoms with Crippen molar-refractivity contribution in [3.63, 3.8) is 0 Å². The second-order valence-corrected chi connectivity index (χ2v) is 6.94. The zero-order valence-electron chi connectivity index (χ0n) is 15.0. The van der Waals surface area contributed by atoms with E-state index in [1.165, 1.54) is 17.8 Å². The van der Waals surface area contributed by atoms with E-state index < -0.39 is 17.7 Å². The van der Waals surface area contributed by atoms with Gasteiger partial charge in [-0.1, -0.05) is 17.8 Å². The van der Waals surface area contributed by atoms with Crippen molar-refractivity contribution in [1.82, 2.24) is 20.1 Å². The number of halogens is 2. The molecule has 0 aliphatic carbocycles. The van der Waals surface area contributed by atoms with Crippen LogP contribution in [0.25, 0.3) is 11.4 Å². The van der Waals surface area contributed by atoms with E-state index in [2.05, 4.69) is 15.5 Å². The largest absolute Gasteiger partial charge is 0.469 e. The van der Waals surface area contributed by atoms with Crippen LogP contribution in [0.2, 0.25) is 0 Å². The number of carbonyl (C=O) groups is 1. The minimum Gasteiger partial charge on any atom is -0.469 e. The molecule has 0 radical (unpaired) electrons. The minimum atomic E-state index is -0.691. The van der Waals surface area contributed by atoms with E-state index in [9.17, 15) is 13.6 Å². The molecule has 2 heterocycles. The van der Waals surface area contributed by atoms with Gasteiger partial charge in [-0.25, -0.2) is 8.78 Å². The molecule has 1 amide bonds. The number of hydrogen-bond acceptors (Lipinski definition) is 5. The summed E-state index contributed by atoms with van der Waals surface area (Å²) in [5, 5.41) is 11.5. The Morgan fingerprint density at radius 3 is 2.78 bits per heavy atom. The fourth-order valence-electron chi connectivity index (χ4n) is 2.64. The van der Waals surface area contributed by atoms with Gasteiger partial charge in [0.2, 0.25) is 5.91 Å². The fourth-order valence-corrected chi connectivity index (χ4v) is 3.36. The Bertz CT molecular complexity index is 970. The normalized spacial score (nSPS) is 12.2. The van der Waals surface area contributed by atoms with Gasteiger partial charge in [0.25, 0.3) is 0 Å². The van der Waals surface area contributed by atoms with Crippen LogP contribution in [0.15, 0.2) is 40.1 Å². The SMILES string of the molecule is Cc1occc1-c1nnc(SCC(=O)N[C@H](C)c2ccc(F)cc2F)n1C. The number of amides is 1. The van der Waals surface area contributed by atoms with E-state index in [0.717, 1.165) is 23.5 Å². The Labute approximate surface area is 159 Å². The van der Waals surface area contributed by atoms with Crippen LogP contribution in [0.3, 0.4) is 0 Å². The predicted molar refractivity (Wildman–Crippen MR) is 97.1 cm³/mol. The number of aromatic nitrogens is 3. The topological polar surface area (TPSA) is 72.9 Å². The number of aryl methyl sites for hydroxylation is 1. The number of nitrogens with zero attached hydrogens (tertiary/aromatic N) is 3. The van der Waals surface area contributed by atoms with Gasteiger partial charge in [0.15, 0.2) is 11.0 Å². The van der Waals surface area contributed by atoms with Crippen molar-refractivity contribution in [3.8, 4) is 11.4 Å². The molecule has 0 unspecified atom stereocenters. The highest BCUT2D eigenvalue weighted by Crippen LogP contribution is 2.26. The van der Waals surface area contributed by atoms with Gasteiger partial charge in [0.05, 0.1) is 23.6 Å². The molecule has 1 aromatic carbocycles. The van der Waals surface area contributed by atoms with E-state index >= 15 is 0 Å². The summed E-state index contributed by atoms with van der Waals surface area (Å²) in [5.41, 5.74) is 1.06. The molecule has 0 fully saturated rings. The number of hydrogen-bond donors (Lipinski definition) is 1. The summed E-state index contributed by atoms with van der Waals surface area (Å²) in [7, 11) is 1.80. The van der Waals surface area contributed by atoms with Gasteiger partial charge in [0, 0.05) is 18.7 Å². The zero-order chi connectivity index (χ0) is 19.6. The molecule has 142 valence electrons. The molecule has 0 aliphatic rings. The van der Waals surface area contributed by atoms with Gasteiger partial charge in [-0.3, -0.25) is 4.79 Å². The highest BCUT2D eigenvalue weighted by molar-refractivity contribution is 7.99. The van der Waals surface area contributed by atoms with Crippen LogP contribution in [0.4, 0.5) is 8.78 Å². The number of carbonyl (C=O) groups excluding carboxylic acids is 1. The first-order chi connectivity index (χ1) is 12.9. The van der Waals surface area contributed by atoms with Gasteiger partial charge in [-0.2, -0.15) is 0 Å². The van der Waals surface area contributed by atoms with Crippen molar-refractivity contribution >= 4 is 17.7 Å². The summed E-state index contributed by atoms with van der Waals surface area (Å²) in [6.45, 7) is 3.47. The lowest BCUT2D eigenvalue weighted by atomic mass is 10.1. The molecule has 0 bridgehead atoms. The number of nitrogens with one attached hydrogen (secondary N) is 1. The average Bonchev–Trinajstić information content (AvgIpc) is 3.18. The van der Waals surface area contributed by atoms with Gasteiger partial charge >= 0.3 is 0 Å². The lowest BCUT2D eigenvalue weighted by Gasteiger charge is -2.15. The molecule has 0 aliphatic heterocycles. The van der Waals surface area contributed by atoms with Gasteiger partial charge in [0.1, 0.15) is 17.4 Å². The third-order valence-corrected chi connectivity index (χ3v) is 5.09. The Hall–Kier alpha value is -2.68. The van der Waals surface area contributed by atoms with Crippen molar-refractivity contribution in [2.45, 2.75) is 25.0 Å². The zero-order valence-corrected chi connectivity index (χ0v) is 15.8. The second-order valence-electron chi connectivity index (χ2n) is 6.00. The van der Waals surface area contributed by atoms with E-state index in [1.807, 2.05) is 6.92 Å². The Morgan fingerprint density at radius 1 is 1.33 bits per heavy atom. The highest BCUT2D eigenvalue weighted by atomic mass is 32.2. The molecular formula is C18H18F2N4O2S. The molecule has 3 aromatic rings. The lowest BCUT2D eigenvalue weighted by molar-refractivity contribution is -0.119. The molecule has 1 N–H and O–H groups in total. The number of benzene rings is 1. The summed E-state index contributed by atoms with van der Waals surface area (Å²) in [5.74, 6) is -0.176. The molecule has 3 rings (SSSR count). The molecule has 0 saturated heterocycles. The highest BCUT2D eigenvalue weighted by Gasteiger charge is 2.18. The maximum absolute atomic E-state index is 13.8. The van der Waals surface area contributed by atoms with Crippen molar-refractivity contribution in [2.75, 3.05) is 5.75 Å².